The Balaban J connectivity index is 1.53. The van der Waals surface area contributed by atoms with Crippen LogP contribution in [0.1, 0.15) is 31.2 Å². The van der Waals surface area contributed by atoms with Crippen molar-refractivity contribution in [2.75, 3.05) is 24.5 Å². The summed E-state index contributed by atoms with van der Waals surface area (Å²) >= 11 is 0. The number of rotatable bonds is 4. The number of hydrogen-bond acceptors (Lipinski definition) is 3. The van der Waals surface area contributed by atoms with Gasteiger partial charge in [-0.3, -0.25) is 4.79 Å². The van der Waals surface area contributed by atoms with E-state index in [9.17, 15) is 22.4 Å². The summed E-state index contributed by atoms with van der Waals surface area (Å²) in [6.45, 7) is 0.707. The molecule has 0 aromatic carbocycles. The Morgan fingerprint density at radius 1 is 1.29 bits per heavy atom. The summed E-state index contributed by atoms with van der Waals surface area (Å²) in [7, 11) is 0. The third-order valence-corrected chi connectivity index (χ3v) is 4.59. The van der Waals surface area contributed by atoms with E-state index >= 15 is 0 Å². The molecule has 1 saturated heterocycles. The van der Waals surface area contributed by atoms with E-state index in [4.69, 9.17) is 0 Å². The lowest BCUT2D eigenvalue weighted by molar-refractivity contribution is -0.137. The maximum atomic E-state index is 14.7. The maximum Gasteiger partial charge on any atom is 0.417 e. The Hall–Kier alpha value is -1.86. The van der Waals surface area contributed by atoms with Crippen LogP contribution in [0.3, 0.4) is 0 Å². The van der Waals surface area contributed by atoms with Crippen molar-refractivity contribution in [2.24, 2.45) is 5.92 Å². The van der Waals surface area contributed by atoms with Crippen LogP contribution < -0.4 is 10.2 Å². The molecule has 1 amide bonds. The van der Waals surface area contributed by atoms with Crippen molar-refractivity contribution in [3.63, 3.8) is 0 Å². The SMILES string of the molecule is O=C(NCC1(F)CCN(c2ccc(C(F)(F)F)cn2)CC1)C1CC1. The van der Waals surface area contributed by atoms with Gasteiger partial charge in [-0.1, -0.05) is 0 Å². The first-order chi connectivity index (χ1) is 11.3. The van der Waals surface area contributed by atoms with Crippen LogP contribution in [0.2, 0.25) is 0 Å². The second-order valence-electron chi connectivity index (χ2n) is 6.53. The highest BCUT2D eigenvalue weighted by atomic mass is 19.4. The van der Waals surface area contributed by atoms with E-state index in [0.717, 1.165) is 25.1 Å². The van der Waals surface area contributed by atoms with Gasteiger partial charge in [0.1, 0.15) is 11.5 Å². The Morgan fingerprint density at radius 3 is 2.46 bits per heavy atom. The lowest BCUT2D eigenvalue weighted by Crippen LogP contribution is -2.48. The van der Waals surface area contributed by atoms with Crippen molar-refractivity contribution < 1.29 is 22.4 Å². The number of carbonyl (C=O) groups is 1. The number of hydrogen-bond donors (Lipinski definition) is 1. The highest BCUT2D eigenvalue weighted by Gasteiger charge is 2.37. The molecule has 2 fully saturated rings. The minimum absolute atomic E-state index is 0.00336. The van der Waals surface area contributed by atoms with Gasteiger partial charge in [0.2, 0.25) is 5.91 Å². The second-order valence-corrected chi connectivity index (χ2v) is 6.53. The first-order valence-corrected chi connectivity index (χ1v) is 8.02. The predicted octanol–water partition coefficient (Wildman–Crippen LogP) is 2.94. The summed E-state index contributed by atoms with van der Waals surface area (Å²) in [6.07, 6.45) is -1.46. The molecule has 1 N–H and O–H groups in total. The lowest BCUT2D eigenvalue weighted by Gasteiger charge is -2.37. The first kappa shape index (κ1) is 17.0. The molecule has 1 aliphatic carbocycles. The van der Waals surface area contributed by atoms with Crippen LogP contribution in [-0.4, -0.2) is 36.2 Å². The fraction of sp³-hybridized carbons (Fsp3) is 0.625. The molecular weight excluding hydrogens is 326 g/mol. The summed E-state index contributed by atoms with van der Waals surface area (Å²) < 4.78 is 52.3. The first-order valence-electron chi connectivity index (χ1n) is 8.02. The molecule has 0 radical (unpaired) electrons. The number of nitrogens with zero attached hydrogens (tertiary/aromatic N) is 2. The molecule has 2 heterocycles. The van der Waals surface area contributed by atoms with E-state index in [-0.39, 0.29) is 31.2 Å². The molecule has 132 valence electrons. The molecule has 1 aliphatic heterocycles. The van der Waals surface area contributed by atoms with E-state index in [1.807, 2.05) is 0 Å². The largest absolute Gasteiger partial charge is 0.417 e. The van der Waals surface area contributed by atoms with Gasteiger partial charge in [0.25, 0.3) is 0 Å². The predicted molar refractivity (Wildman–Crippen MR) is 80.3 cm³/mol. The quantitative estimate of drug-likeness (QED) is 0.854. The molecule has 0 unspecified atom stereocenters. The van der Waals surface area contributed by atoms with Crippen LogP contribution in [0.4, 0.5) is 23.4 Å². The van der Waals surface area contributed by atoms with Crippen molar-refractivity contribution in [3.8, 4) is 0 Å². The molecule has 1 saturated carbocycles. The van der Waals surface area contributed by atoms with Crippen LogP contribution >= 0.6 is 0 Å². The van der Waals surface area contributed by atoms with Crippen molar-refractivity contribution in [1.29, 1.82) is 0 Å². The van der Waals surface area contributed by atoms with Gasteiger partial charge in [0.15, 0.2) is 0 Å². The molecule has 2 aliphatic rings. The van der Waals surface area contributed by atoms with Gasteiger partial charge in [-0.25, -0.2) is 9.37 Å². The molecule has 24 heavy (non-hydrogen) atoms. The van der Waals surface area contributed by atoms with Crippen LogP contribution in [0.25, 0.3) is 0 Å². The molecular formula is C16H19F4N3O. The lowest BCUT2D eigenvalue weighted by atomic mass is 9.93. The number of aromatic nitrogens is 1. The van der Waals surface area contributed by atoms with Gasteiger partial charge in [0, 0.05) is 38.0 Å². The van der Waals surface area contributed by atoms with Crippen molar-refractivity contribution in [1.82, 2.24) is 10.3 Å². The summed E-state index contributed by atoms with van der Waals surface area (Å²) in [4.78, 5) is 17.2. The van der Waals surface area contributed by atoms with Crippen LogP contribution in [0.5, 0.6) is 0 Å². The number of nitrogens with one attached hydrogen (secondary N) is 1. The number of anilines is 1. The van der Waals surface area contributed by atoms with E-state index in [0.29, 0.717) is 18.9 Å². The molecule has 3 rings (SSSR count). The molecule has 1 aromatic heterocycles. The van der Waals surface area contributed by atoms with E-state index in [1.165, 1.54) is 6.07 Å². The minimum atomic E-state index is -4.42. The van der Waals surface area contributed by atoms with Gasteiger partial charge in [-0.15, -0.1) is 0 Å². The minimum Gasteiger partial charge on any atom is -0.356 e. The summed E-state index contributed by atoms with van der Waals surface area (Å²) in [6, 6.07) is 2.29. The van der Waals surface area contributed by atoms with E-state index in [2.05, 4.69) is 10.3 Å². The summed E-state index contributed by atoms with van der Waals surface area (Å²) in [5.41, 5.74) is -2.27. The highest BCUT2D eigenvalue weighted by molar-refractivity contribution is 5.80. The zero-order valence-electron chi connectivity index (χ0n) is 13.1. The molecule has 8 heteroatoms. The van der Waals surface area contributed by atoms with Gasteiger partial charge in [-0.2, -0.15) is 13.2 Å². The van der Waals surface area contributed by atoms with Crippen LogP contribution in [0.15, 0.2) is 18.3 Å². The van der Waals surface area contributed by atoms with Gasteiger partial charge in [0.05, 0.1) is 12.1 Å². The second kappa shape index (κ2) is 6.22. The van der Waals surface area contributed by atoms with Gasteiger partial charge in [-0.05, 0) is 25.0 Å². The van der Waals surface area contributed by atoms with E-state index < -0.39 is 17.4 Å². The van der Waals surface area contributed by atoms with E-state index in [1.54, 1.807) is 4.90 Å². The van der Waals surface area contributed by atoms with Crippen molar-refractivity contribution >= 4 is 11.7 Å². The number of alkyl halides is 4. The van der Waals surface area contributed by atoms with Crippen LogP contribution in [-0.2, 0) is 11.0 Å². The third-order valence-electron chi connectivity index (χ3n) is 4.59. The Bertz CT molecular complexity index is 590. The summed E-state index contributed by atoms with van der Waals surface area (Å²) in [5, 5.41) is 2.66. The fourth-order valence-corrected chi connectivity index (χ4v) is 2.79. The average molecular weight is 345 g/mol. The number of amides is 1. The van der Waals surface area contributed by atoms with Crippen LogP contribution in [0, 0.1) is 5.92 Å². The topological polar surface area (TPSA) is 45.2 Å². The standard InChI is InChI=1S/C16H19F4N3O/c17-15(10-22-14(24)11-1-2-11)5-7-23(8-6-15)13-4-3-12(9-21-13)16(18,19)20/h3-4,9,11H,1-2,5-8,10H2,(H,22,24). The summed E-state index contributed by atoms with van der Waals surface area (Å²) in [5.74, 6) is 0.371. The Morgan fingerprint density at radius 2 is 1.96 bits per heavy atom. The average Bonchev–Trinajstić information content (AvgIpc) is 3.38. The fourth-order valence-electron chi connectivity index (χ4n) is 2.79. The monoisotopic (exact) mass is 345 g/mol. The Kier molecular flexibility index (Phi) is 4.40. The van der Waals surface area contributed by atoms with Crippen molar-refractivity contribution in [2.45, 2.75) is 37.5 Å². The van der Waals surface area contributed by atoms with Gasteiger partial charge >= 0.3 is 6.18 Å². The highest BCUT2D eigenvalue weighted by Crippen LogP contribution is 2.32. The normalized spacial score (nSPS) is 20.8. The smallest absolute Gasteiger partial charge is 0.356 e. The number of carbonyl (C=O) groups excluding carboxylic acids is 1. The Labute approximate surface area is 137 Å². The zero-order chi connectivity index (χ0) is 17.4. The molecule has 0 bridgehead atoms. The molecule has 4 nitrogen and oxygen atoms in total. The maximum absolute atomic E-state index is 14.7. The number of pyridine rings is 1. The van der Waals surface area contributed by atoms with Gasteiger partial charge < -0.3 is 10.2 Å². The molecule has 1 aromatic rings. The zero-order valence-corrected chi connectivity index (χ0v) is 13.1. The third kappa shape index (κ3) is 3.96. The van der Waals surface area contributed by atoms with Crippen molar-refractivity contribution in [3.05, 3.63) is 23.9 Å². The molecule has 0 spiro atoms. The number of halogens is 4. The number of piperidine rings is 1. The molecule has 0 atom stereocenters.